The molecule has 0 radical (unpaired) electrons. The van der Waals surface area contributed by atoms with Crippen molar-refractivity contribution in [3.8, 4) is 11.3 Å². The number of pyridine rings is 1. The van der Waals surface area contributed by atoms with Gasteiger partial charge in [0, 0.05) is 88.2 Å². The molecule has 3 N–H and O–H groups in total. The summed E-state index contributed by atoms with van der Waals surface area (Å²) in [5.74, 6) is -3.96. The van der Waals surface area contributed by atoms with Crippen molar-refractivity contribution in [1.29, 1.82) is 0 Å². The molecule has 2 aromatic carbocycles. The summed E-state index contributed by atoms with van der Waals surface area (Å²) in [6, 6.07) is 15.0. The number of aromatic nitrogens is 4. The van der Waals surface area contributed by atoms with E-state index in [0.717, 1.165) is 33.0 Å². The average molecular weight is 868 g/mol. The molecule has 10 rings (SSSR count). The van der Waals surface area contributed by atoms with Gasteiger partial charge in [0.15, 0.2) is 17.2 Å². The summed E-state index contributed by atoms with van der Waals surface area (Å²) in [5, 5.41) is 13.1. The summed E-state index contributed by atoms with van der Waals surface area (Å²) in [7, 11) is 1.77. The van der Waals surface area contributed by atoms with E-state index in [-0.39, 0.29) is 61.0 Å². The van der Waals surface area contributed by atoms with Crippen molar-refractivity contribution < 1.29 is 32.3 Å². The molecule has 3 saturated heterocycles. The smallest absolute Gasteiger partial charge is 0.328 e. The van der Waals surface area contributed by atoms with Crippen LogP contribution in [0.4, 0.5) is 40.8 Å². The van der Waals surface area contributed by atoms with Crippen molar-refractivity contribution >= 4 is 63.9 Å². The standard InChI is InChI=1S/C43H41ClF3N11O4/c1-48-32-17-36(53-58-35(19-50-38(32)58)39(60)51-31-16-29(31)45)56-12-9-27-26(3-2-4-33(27)56)30-8-5-24(18-49-30)20-54-21-42(22-54)11-14-55(23-43(42,46)47)40(61)25-6-7-28(44)34(15-25)57-13-10-37(59)52-41(57)62/h2-8,15,17-19,29,31,48H,9-14,16,20-23H2,1H3,(H,51,60)(H,52,59,62)/t29-,31+/m0/s1. The van der Waals surface area contributed by atoms with Gasteiger partial charge in [-0.05, 0) is 54.3 Å². The number of benzene rings is 2. The molecular formula is C43H41ClF3N11O4. The first-order chi connectivity index (χ1) is 29.8. The lowest BCUT2D eigenvalue weighted by Crippen LogP contribution is -2.70. The molecule has 15 nitrogen and oxygen atoms in total. The third kappa shape index (κ3) is 6.85. The number of rotatable bonds is 9. The molecule has 62 heavy (non-hydrogen) atoms. The largest absolute Gasteiger partial charge is 0.385 e. The highest BCUT2D eigenvalue weighted by Crippen LogP contribution is 2.51. The van der Waals surface area contributed by atoms with Crippen molar-refractivity contribution in [3.05, 3.63) is 94.4 Å². The number of likely N-dealkylation sites (tertiary alicyclic amines) is 2. The number of urea groups is 1. The Morgan fingerprint density at radius 3 is 2.48 bits per heavy atom. The lowest BCUT2D eigenvalue weighted by atomic mass is 9.69. The van der Waals surface area contributed by atoms with Gasteiger partial charge in [0.05, 0.1) is 46.3 Å². The van der Waals surface area contributed by atoms with Gasteiger partial charge in [-0.2, -0.15) is 0 Å². The lowest BCUT2D eigenvalue weighted by Gasteiger charge is -2.57. The second-order valence-electron chi connectivity index (χ2n) is 16.7. The van der Waals surface area contributed by atoms with E-state index in [1.807, 2.05) is 41.3 Å². The summed E-state index contributed by atoms with van der Waals surface area (Å²) in [5.41, 5.74) is 5.14. The molecule has 5 aliphatic rings. The number of anilines is 4. The number of piperidine rings is 1. The molecule has 5 amide bonds. The summed E-state index contributed by atoms with van der Waals surface area (Å²) in [6.45, 7) is 0.944. The van der Waals surface area contributed by atoms with Crippen LogP contribution >= 0.6 is 11.6 Å². The number of carbonyl (C=O) groups excluding carboxylic acids is 4. The topological polar surface area (TPSA) is 160 Å². The van der Waals surface area contributed by atoms with Crippen molar-refractivity contribution in [3.63, 3.8) is 0 Å². The minimum absolute atomic E-state index is 0.0659. The molecule has 0 unspecified atom stereocenters. The van der Waals surface area contributed by atoms with E-state index in [1.165, 1.54) is 33.8 Å². The van der Waals surface area contributed by atoms with E-state index < -0.39 is 53.8 Å². The first-order valence-electron chi connectivity index (χ1n) is 20.5. The molecule has 4 aliphatic heterocycles. The van der Waals surface area contributed by atoms with Gasteiger partial charge in [-0.15, -0.1) is 5.10 Å². The van der Waals surface area contributed by atoms with Gasteiger partial charge in [0.1, 0.15) is 6.17 Å². The maximum absolute atomic E-state index is 16.0. The third-order valence-electron chi connectivity index (χ3n) is 12.7. The van der Waals surface area contributed by atoms with Gasteiger partial charge in [-0.25, -0.2) is 27.5 Å². The Morgan fingerprint density at radius 2 is 1.76 bits per heavy atom. The predicted molar refractivity (Wildman–Crippen MR) is 224 cm³/mol. The van der Waals surface area contributed by atoms with Gasteiger partial charge in [0.25, 0.3) is 17.7 Å². The fourth-order valence-corrected chi connectivity index (χ4v) is 9.38. The number of hydrogen-bond donors (Lipinski definition) is 3. The Bertz CT molecular complexity index is 2670. The van der Waals surface area contributed by atoms with Crippen molar-refractivity contribution in [2.75, 3.05) is 61.4 Å². The maximum Gasteiger partial charge on any atom is 0.328 e. The van der Waals surface area contributed by atoms with Crippen LogP contribution in [0.3, 0.4) is 0 Å². The number of amides is 5. The number of alkyl halides is 3. The van der Waals surface area contributed by atoms with Crippen LogP contribution in [-0.4, -0.2) is 118 Å². The van der Waals surface area contributed by atoms with Crippen molar-refractivity contribution in [2.24, 2.45) is 5.41 Å². The van der Waals surface area contributed by atoms with E-state index in [1.54, 1.807) is 13.2 Å². The van der Waals surface area contributed by atoms with Gasteiger partial charge in [0.2, 0.25) is 5.91 Å². The van der Waals surface area contributed by atoms with Crippen LogP contribution in [0.5, 0.6) is 0 Å². The van der Waals surface area contributed by atoms with Crippen LogP contribution < -0.4 is 25.8 Å². The summed E-state index contributed by atoms with van der Waals surface area (Å²) >= 11 is 6.34. The predicted octanol–water partition coefficient (Wildman–Crippen LogP) is 5.45. The molecular weight excluding hydrogens is 827 g/mol. The number of imide groups is 1. The number of hydrogen-bond acceptors (Lipinski definition) is 10. The van der Waals surface area contributed by atoms with Crippen LogP contribution in [-0.2, 0) is 17.8 Å². The van der Waals surface area contributed by atoms with E-state index in [4.69, 9.17) is 21.7 Å². The number of nitrogens with one attached hydrogen (secondary N) is 3. The number of fused-ring (bicyclic) bond motifs is 2. The highest BCUT2D eigenvalue weighted by Gasteiger charge is 2.62. The normalized spacial score (nSPS) is 21.5. The van der Waals surface area contributed by atoms with E-state index >= 15 is 8.78 Å². The van der Waals surface area contributed by atoms with Gasteiger partial charge >= 0.3 is 6.03 Å². The van der Waals surface area contributed by atoms with Crippen LogP contribution in [0.2, 0.25) is 5.02 Å². The molecule has 3 aromatic heterocycles. The fourth-order valence-electron chi connectivity index (χ4n) is 9.16. The number of carbonyl (C=O) groups is 4. The Labute approximate surface area is 358 Å². The Morgan fingerprint density at radius 1 is 0.952 bits per heavy atom. The molecule has 19 heteroatoms. The molecule has 2 atom stereocenters. The average Bonchev–Trinajstić information content (AvgIpc) is 3.56. The minimum atomic E-state index is -3.13. The van der Waals surface area contributed by atoms with Crippen LogP contribution in [0, 0.1) is 5.41 Å². The van der Waals surface area contributed by atoms with Crippen molar-refractivity contribution in [2.45, 2.75) is 50.4 Å². The second kappa shape index (κ2) is 15.0. The molecule has 0 bridgehead atoms. The monoisotopic (exact) mass is 867 g/mol. The van der Waals surface area contributed by atoms with Gasteiger partial charge < -0.3 is 20.4 Å². The number of halogens is 4. The van der Waals surface area contributed by atoms with Crippen LogP contribution in [0.15, 0.2) is 67.0 Å². The molecule has 5 aromatic rings. The molecule has 1 aliphatic carbocycles. The maximum atomic E-state index is 16.0. The van der Waals surface area contributed by atoms with Gasteiger partial charge in [-0.1, -0.05) is 29.8 Å². The fraction of sp³-hybridized carbons (Fsp3) is 0.372. The zero-order valence-corrected chi connectivity index (χ0v) is 34.3. The van der Waals surface area contributed by atoms with Crippen LogP contribution in [0.25, 0.3) is 16.9 Å². The lowest BCUT2D eigenvalue weighted by molar-refractivity contribution is -0.220. The SMILES string of the molecule is CNc1cc(N2CCc3c(-c4ccc(CN5CC6(CCN(C(=O)c7ccc(Cl)c(N8CCC(=O)NC8=O)c7)CC6(F)F)C5)cn4)cccc32)nn2c(C(=O)N[C@@H]3C[C@@H]3F)cnc12. The highest BCUT2D eigenvalue weighted by molar-refractivity contribution is 6.34. The Kier molecular flexibility index (Phi) is 9.62. The number of nitrogens with zero attached hydrogens (tertiary/aromatic N) is 8. The summed E-state index contributed by atoms with van der Waals surface area (Å²) < 4.78 is 47.0. The molecule has 1 saturated carbocycles. The van der Waals surface area contributed by atoms with E-state index in [9.17, 15) is 23.6 Å². The zero-order valence-electron chi connectivity index (χ0n) is 33.5. The van der Waals surface area contributed by atoms with E-state index in [2.05, 4.69) is 25.8 Å². The number of imidazole rings is 1. The van der Waals surface area contributed by atoms with Crippen LogP contribution in [0.1, 0.15) is 51.2 Å². The van der Waals surface area contributed by atoms with Crippen molar-refractivity contribution in [1.82, 2.24) is 40.0 Å². The molecule has 4 fully saturated rings. The summed E-state index contributed by atoms with van der Waals surface area (Å²) in [4.78, 5) is 66.3. The molecule has 7 heterocycles. The quantitative estimate of drug-likeness (QED) is 0.174. The molecule has 1 spiro atoms. The first kappa shape index (κ1) is 39.8. The summed E-state index contributed by atoms with van der Waals surface area (Å²) in [6.07, 6.45) is 3.40. The minimum Gasteiger partial charge on any atom is -0.385 e. The van der Waals surface area contributed by atoms with E-state index in [0.29, 0.717) is 43.1 Å². The second-order valence-corrected chi connectivity index (χ2v) is 17.1. The Hall–Kier alpha value is -6.27. The van der Waals surface area contributed by atoms with Gasteiger partial charge in [-0.3, -0.25) is 34.5 Å². The zero-order chi connectivity index (χ0) is 43.1. The first-order valence-corrected chi connectivity index (χ1v) is 20.9. The highest BCUT2D eigenvalue weighted by atomic mass is 35.5. The third-order valence-corrected chi connectivity index (χ3v) is 13.0. The molecule has 320 valence electrons. The Balaban J connectivity index is 0.789.